The van der Waals surface area contributed by atoms with Gasteiger partial charge in [-0.15, -0.1) is 0 Å². The van der Waals surface area contributed by atoms with E-state index in [4.69, 9.17) is 4.74 Å². The maximum Gasteiger partial charge on any atom is 0.333 e. The lowest BCUT2D eigenvalue weighted by atomic mass is 9.57. The first-order valence-corrected chi connectivity index (χ1v) is 5.77. The first-order chi connectivity index (χ1) is 7.65. The van der Waals surface area contributed by atoms with E-state index in [2.05, 4.69) is 6.58 Å². The van der Waals surface area contributed by atoms with Gasteiger partial charge in [0.05, 0.1) is 0 Å². The third-order valence-corrected chi connectivity index (χ3v) is 3.96. The van der Waals surface area contributed by atoms with Crippen LogP contribution in [0.2, 0.25) is 0 Å². The van der Waals surface area contributed by atoms with Crippen LogP contribution in [0.15, 0.2) is 12.2 Å². The minimum Gasteiger partial charge on any atom is -0.481 e. The van der Waals surface area contributed by atoms with Crippen LogP contribution in [-0.2, 0) is 14.3 Å². The first-order valence-electron chi connectivity index (χ1n) is 5.77. The summed E-state index contributed by atoms with van der Waals surface area (Å²) in [5.74, 6) is -1.40. The third kappa shape index (κ3) is 1.96. The number of rotatable bonds is 4. The van der Waals surface area contributed by atoms with Crippen LogP contribution >= 0.6 is 0 Å². The second-order valence-corrected chi connectivity index (χ2v) is 5.43. The fourth-order valence-electron chi connectivity index (χ4n) is 2.34. The lowest BCUT2D eigenvalue weighted by Crippen LogP contribution is -2.62. The zero-order valence-corrected chi connectivity index (χ0v) is 10.9. The second-order valence-electron chi connectivity index (χ2n) is 5.43. The number of aliphatic carboxylic acids is 1. The Bertz CT molecular complexity index is 370. The lowest BCUT2D eigenvalue weighted by Gasteiger charge is -2.54. The molecule has 0 bridgehead atoms. The molecule has 4 heteroatoms. The Morgan fingerprint density at radius 3 is 2.24 bits per heavy atom. The number of carbonyl (C=O) groups is 2. The molecule has 1 aliphatic carbocycles. The van der Waals surface area contributed by atoms with Crippen molar-refractivity contribution >= 4 is 11.9 Å². The molecule has 0 saturated heterocycles. The van der Waals surface area contributed by atoms with Crippen LogP contribution in [-0.4, -0.2) is 22.6 Å². The summed E-state index contributed by atoms with van der Waals surface area (Å²) < 4.78 is 5.45. The number of hydrogen-bond acceptors (Lipinski definition) is 3. The quantitative estimate of drug-likeness (QED) is 0.605. The van der Waals surface area contributed by atoms with Crippen LogP contribution < -0.4 is 0 Å². The minimum absolute atomic E-state index is 0.0527. The van der Waals surface area contributed by atoms with Crippen molar-refractivity contribution in [1.29, 1.82) is 0 Å². The summed E-state index contributed by atoms with van der Waals surface area (Å²) in [6, 6.07) is 0. The van der Waals surface area contributed by atoms with Crippen molar-refractivity contribution in [3.63, 3.8) is 0 Å². The van der Waals surface area contributed by atoms with Gasteiger partial charge in [0, 0.05) is 5.57 Å². The maximum atomic E-state index is 11.7. The van der Waals surface area contributed by atoms with Gasteiger partial charge in [-0.25, -0.2) is 4.79 Å². The lowest BCUT2D eigenvalue weighted by molar-refractivity contribution is -0.215. The van der Waals surface area contributed by atoms with Crippen LogP contribution in [0.3, 0.4) is 0 Å². The van der Waals surface area contributed by atoms with Gasteiger partial charge < -0.3 is 9.84 Å². The van der Waals surface area contributed by atoms with Crippen LogP contribution in [0.1, 0.15) is 40.5 Å². The normalized spacial score (nSPS) is 28.1. The highest BCUT2D eigenvalue weighted by Crippen LogP contribution is 2.53. The second kappa shape index (κ2) is 4.17. The number of carbonyl (C=O) groups excluding carboxylic acids is 1. The molecule has 0 amide bonds. The molecule has 0 spiro atoms. The van der Waals surface area contributed by atoms with Crippen molar-refractivity contribution in [2.24, 2.45) is 11.3 Å². The molecular formula is C13H20O4. The molecular weight excluding hydrogens is 220 g/mol. The smallest absolute Gasteiger partial charge is 0.333 e. The Morgan fingerprint density at radius 2 is 2.00 bits per heavy atom. The van der Waals surface area contributed by atoms with Crippen LogP contribution in [0.4, 0.5) is 0 Å². The van der Waals surface area contributed by atoms with Crippen molar-refractivity contribution in [3.05, 3.63) is 12.2 Å². The molecule has 0 heterocycles. The van der Waals surface area contributed by atoms with Gasteiger partial charge in [-0.3, -0.25) is 4.79 Å². The van der Waals surface area contributed by atoms with Gasteiger partial charge in [-0.05, 0) is 39.5 Å². The highest BCUT2D eigenvalue weighted by molar-refractivity contribution is 5.88. The summed E-state index contributed by atoms with van der Waals surface area (Å²) in [7, 11) is 0. The van der Waals surface area contributed by atoms with E-state index in [-0.39, 0.29) is 5.92 Å². The summed E-state index contributed by atoms with van der Waals surface area (Å²) in [5, 5.41) is 9.30. The molecule has 1 N–H and O–H groups in total. The molecule has 0 radical (unpaired) electrons. The van der Waals surface area contributed by atoms with Crippen molar-refractivity contribution < 1.29 is 19.4 Å². The summed E-state index contributed by atoms with van der Waals surface area (Å²) in [4.78, 5) is 23.0. The Balaban J connectivity index is 3.04. The number of hydrogen-bond donors (Lipinski definition) is 1. The van der Waals surface area contributed by atoms with E-state index in [1.807, 2.05) is 6.92 Å². The highest BCUT2D eigenvalue weighted by atomic mass is 16.6. The Labute approximate surface area is 102 Å². The van der Waals surface area contributed by atoms with Crippen molar-refractivity contribution in [3.8, 4) is 0 Å². The molecule has 1 saturated carbocycles. The zero-order valence-electron chi connectivity index (χ0n) is 10.9. The van der Waals surface area contributed by atoms with E-state index in [1.165, 1.54) is 0 Å². The molecule has 1 rings (SSSR count). The molecule has 0 aromatic carbocycles. The number of esters is 1. The number of ether oxygens (including phenoxy) is 1. The fourth-order valence-corrected chi connectivity index (χ4v) is 2.34. The molecule has 0 aromatic heterocycles. The van der Waals surface area contributed by atoms with E-state index in [9.17, 15) is 14.7 Å². The van der Waals surface area contributed by atoms with Gasteiger partial charge in [0.1, 0.15) is 11.0 Å². The van der Waals surface area contributed by atoms with Crippen molar-refractivity contribution in [2.75, 3.05) is 0 Å². The van der Waals surface area contributed by atoms with E-state index in [0.717, 1.165) is 6.42 Å². The molecule has 1 aliphatic rings. The van der Waals surface area contributed by atoms with E-state index < -0.39 is 23.0 Å². The zero-order chi connectivity index (χ0) is 13.4. The monoisotopic (exact) mass is 240 g/mol. The average molecular weight is 240 g/mol. The largest absolute Gasteiger partial charge is 0.481 e. The molecule has 2 unspecified atom stereocenters. The average Bonchev–Trinajstić information content (AvgIpc) is 2.22. The van der Waals surface area contributed by atoms with Crippen LogP contribution in [0.5, 0.6) is 0 Å². The minimum atomic E-state index is -1.09. The predicted octanol–water partition coefficient (Wildman–Crippen LogP) is 2.39. The van der Waals surface area contributed by atoms with Crippen molar-refractivity contribution in [2.45, 2.75) is 46.1 Å². The fraction of sp³-hybridized carbons (Fsp3) is 0.692. The van der Waals surface area contributed by atoms with E-state index in [1.54, 1.807) is 20.8 Å². The Kier molecular flexibility index (Phi) is 3.37. The molecule has 0 aromatic rings. The first kappa shape index (κ1) is 13.7. The Morgan fingerprint density at radius 1 is 1.47 bits per heavy atom. The van der Waals surface area contributed by atoms with Crippen molar-refractivity contribution in [1.82, 2.24) is 0 Å². The maximum absolute atomic E-state index is 11.7. The van der Waals surface area contributed by atoms with E-state index in [0.29, 0.717) is 12.0 Å². The summed E-state index contributed by atoms with van der Waals surface area (Å²) in [6.45, 7) is 10.2. The highest BCUT2D eigenvalue weighted by Gasteiger charge is 2.61. The number of carboxylic acids is 1. The predicted molar refractivity (Wildman–Crippen MR) is 63.5 cm³/mol. The van der Waals surface area contributed by atoms with Crippen LogP contribution in [0.25, 0.3) is 0 Å². The summed E-state index contributed by atoms with van der Waals surface area (Å²) >= 11 is 0. The van der Waals surface area contributed by atoms with Gasteiger partial charge in [0.15, 0.2) is 0 Å². The standard InChI is InChI=1S/C13H20O4/c1-8(2)10(14)17-13(7-6-9(13)3)12(4,5)11(15)16/h9H,1,6-7H2,2-5H3,(H,15,16). The SMILES string of the molecule is C=C(C)C(=O)OC1(C(C)(C)C(=O)O)CCC1C. The van der Waals surface area contributed by atoms with Crippen LogP contribution in [0, 0.1) is 11.3 Å². The van der Waals surface area contributed by atoms with Gasteiger partial charge >= 0.3 is 11.9 Å². The molecule has 4 nitrogen and oxygen atoms in total. The van der Waals surface area contributed by atoms with Gasteiger partial charge in [0.2, 0.25) is 0 Å². The summed E-state index contributed by atoms with van der Waals surface area (Å²) in [5.41, 5.74) is -1.70. The third-order valence-electron chi connectivity index (χ3n) is 3.96. The Hall–Kier alpha value is -1.32. The number of carboxylic acid groups (broad SMARTS) is 1. The van der Waals surface area contributed by atoms with E-state index >= 15 is 0 Å². The van der Waals surface area contributed by atoms with Gasteiger partial charge in [-0.2, -0.15) is 0 Å². The molecule has 2 atom stereocenters. The molecule has 1 fully saturated rings. The van der Waals surface area contributed by atoms with Gasteiger partial charge in [0.25, 0.3) is 0 Å². The summed E-state index contributed by atoms with van der Waals surface area (Å²) in [6.07, 6.45) is 1.46. The van der Waals surface area contributed by atoms with Gasteiger partial charge in [-0.1, -0.05) is 13.5 Å². The molecule has 17 heavy (non-hydrogen) atoms. The molecule has 0 aliphatic heterocycles. The topological polar surface area (TPSA) is 63.6 Å². The molecule has 96 valence electrons.